The van der Waals surface area contributed by atoms with E-state index < -0.39 is 0 Å². The Bertz CT molecular complexity index is 982. The number of hydrogen-bond acceptors (Lipinski definition) is 1. The molecule has 0 atom stereocenters. The summed E-state index contributed by atoms with van der Waals surface area (Å²) in [7, 11) is 0. The molecular formula is C19H14N2O. The molecule has 2 aromatic carbocycles. The minimum atomic E-state index is -0.0236. The third-order valence-corrected chi connectivity index (χ3v) is 3.80. The van der Waals surface area contributed by atoms with Crippen molar-refractivity contribution in [2.75, 3.05) is 0 Å². The molecule has 0 aliphatic heterocycles. The number of aromatic nitrogens is 2. The number of rotatable bonds is 2. The average molecular weight is 286 g/mol. The summed E-state index contributed by atoms with van der Waals surface area (Å²) in [6.07, 6.45) is 2.00. The summed E-state index contributed by atoms with van der Waals surface area (Å²) in [6.45, 7) is 0. The van der Waals surface area contributed by atoms with Crippen LogP contribution in [0.3, 0.4) is 0 Å². The van der Waals surface area contributed by atoms with Gasteiger partial charge in [-0.3, -0.25) is 9.36 Å². The van der Waals surface area contributed by atoms with E-state index in [1.165, 1.54) is 0 Å². The van der Waals surface area contributed by atoms with E-state index in [0.29, 0.717) is 0 Å². The van der Waals surface area contributed by atoms with Crippen molar-refractivity contribution < 1.29 is 0 Å². The summed E-state index contributed by atoms with van der Waals surface area (Å²) in [6, 6.07) is 25.3. The van der Waals surface area contributed by atoms with E-state index in [1.54, 1.807) is 10.6 Å². The SMILES string of the molecule is O=c1ccc2c(ccn2-c2ccccc2)n1-c1ccccc1. The van der Waals surface area contributed by atoms with Crippen LogP contribution in [0.4, 0.5) is 0 Å². The van der Waals surface area contributed by atoms with Gasteiger partial charge in [-0.05, 0) is 36.4 Å². The van der Waals surface area contributed by atoms with Gasteiger partial charge >= 0.3 is 0 Å². The van der Waals surface area contributed by atoms with Crippen molar-refractivity contribution in [2.45, 2.75) is 0 Å². The first-order valence-corrected chi connectivity index (χ1v) is 7.18. The summed E-state index contributed by atoms with van der Waals surface area (Å²) in [5, 5.41) is 0. The summed E-state index contributed by atoms with van der Waals surface area (Å²) in [5.41, 5.74) is 3.85. The highest BCUT2D eigenvalue weighted by molar-refractivity contribution is 5.80. The molecule has 0 amide bonds. The highest BCUT2D eigenvalue weighted by Crippen LogP contribution is 2.21. The maximum absolute atomic E-state index is 12.3. The fourth-order valence-corrected chi connectivity index (χ4v) is 2.79. The lowest BCUT2D eigenvalue weighted by Gasteiger charge is -2.09. The molecule has 0 spiro atoms. The standard InChI is InChI=1S/C19H14N2O/c22-19-12-11-17-18(21(19)16-9-5-2-6-10-16)13-14-20(17)15-7-3-1-4-8-15/h1-14H. The first kappa shape index (κ1) is 12.7. The molecule has 4 rings (SSSR count). The number of pyridine rings is 1. The molecule has 3 heteroatoms. The molecule has 106 valence electrons. The molecule has 0 bridgehead atoms. The summed E-state index contributed by atoms with van der Waals surface area (Å²) < 4.78 is 3.84. The van der Waals surface area contributed by atoms with E-state index in [9.17, 15) is 4.79 Å². The van der Waals surface area contributed by atoms with Crippen LogP contribution >= 0.6 is 0 Å². The molecule has 4 aromatic rings. The quantitative estimate of drug-likeness (QED) is 0.551. The first-order valence-electron chi connectivity index (χ1n) is 7.18. The number of nitrogens with zero attached hydrogens (tertiary/aromatic N) is 2. The van der Waals surface area contributed by atoms with Crippen LogP contribution < -0.4 is 5.56 Å². The smallest absolute Gasteiger partial charge is 0.255 e. The van der Waals surface area contributed by atoms with Crippen LogP contribution in [0.1, 0.15) is 0 Å². The van der Waals surface area contributed by atoms with Crippen molar-refractivity contribution >= 4 is 11.0 Å². The molecule has 0 unspecified atom stereocenters. The minimum Gasteiger partial charge on any atom is -0.315 e. The van der Waals surface area contributed by atoms with Crippen molar-refractivity contribution in [1.29, 1.82) is 0 Å². The predicted octanol–water partition coefficient (Wildman–Crippen LogP) is 3.78. The number of para-hydroxylation sites is 2. The van der Waals surface area contributed by atoms with Crippen LogP contribution in [-0.4, -0.2) is 9.13 Å². The normalized spacial score (nSPS) is 10.9. The van der Waals surface area contributed by atoms with E-state index in [0.717, 1.165) is 22.4 Å². The third-order valence-electron chi connectivity index (χ3n) is 3.80. The Kier molecular flexibility index (Phi) is 2.90. The maximum atomic E-state index is 12.3. The zero-order chi connectivity index (χ0) is 14.9. The van der Waals surface area contributed by atoms with E-state index in [2.05, 4.69) is 16.7 Å². The molecule has 2 heterocycles. The van der Waals surface area contributed by atoms with E-state index in [1.807, 2.05) is 66.9 Å². The second-order valence-electron chi connectivity index (χ2n) is 5.13. The predicted molar refractivity (Wildman–Crippen MR) is 88.9 cm³/mol. The van der Waals surface area contributed by atoms with Crippen molar-refractivity contribution in [3.05, 3.63) is 95.4 Å². The Hall–Kier alpha value is -3.07. The van der Waals surface area contributed by atoms with Crippen LogP contribution in [0.5, 0.6) is 0 Å². The third kappa shape index (κ3) is 1.95. The minimum absolute atomic E-state index is 0.0236. The molecule has 0 saturated carbocycles. The van der Waals surface area contributed by atoms with Gasteiger partial charge in [-0.1, -0.05) is 36.4 Å². The van der Waals surface area contributed by atoms with Crippen LogP contribution in [0, 0.1) is 0 Å². The number of hydrogen-bond donors (Lipinski definition) is 0. The van der Waals surface area contributed by atoms with Gasteiger partial charge in [0, 0.05) is 23.6 Å². The zero-order valence-corrected chi connectivity index (χ0v) is 11.9. The highest BCUT2D eigenvalue weighted by atomic mass is 16.1. The Morgan fingerprint density at radius 2 is 1.23 bits per heavy atom. The zero-order valence-electron chi connectivity index (χ0n) is 11.9. The van der Waals surface area contributed by atoms with E-state index >= 15 is 0 Å². The molecule has 0 aliphatic carbocycles. The number of fused-ring (bicyclic) bond motifs is 1. The highest BCUT2D eigenvalue weighted by Gasteiger charge is 2.09. The monoisotopic (exact) mass is 286 g/mol. The van der Waals surface area contributed by atoms with Gasteiger partial charge < -0.3 is 4.57 Å². The second kappa shape index (κ2) is 5.04. The van der Waals surface area contributed by atoms with Gasteiger partial charge in [-0.15, -0.1) is 0 Å². The van der Waals surface area contributed by atoms with E-state index in [-0.39, 0.29) is 5.56 Å². The second-order valence-corrected chi connectivity index (χ2v) is 5.13. The van der Waals surface area contributed by atoms with Gasteiger partial charge in [0.1, 0.15) is 0 Å². The summed E-state index contributed by atoms with van der Waals surface area (Å²) in [5.74, 6) is 0. The van der Waals surface area contributed by atoms with Crippen LogP contribution in [0.2, 0.25) is 0 Å². The van der Waals surface area contributed by atoms with Gasteiger partial charge in [-0.25, -0.2) is 0 Å². The van der Waals surface area contributed by atoms with Gasteiger partial charge in [0.05, 0.1) is 11.0 Å². The fraction of sp³-hybridized carbons (Fsp3) is 0. The maximum Gasteiger partial charge on any atom is 0.255 e. The Morgan fingerprint density at radius 1 is 0.591 bits per heavy atom. The molecule has 0 radical (unpaired) electrons. The lowest BCUT2D eigenvalue weighted by molar-refractivity contribution is 1.04. The van der Waals surface area contributed by atoms with Crippen molar-refractivity contribution in [1.82, 2.24) is 9.13 Å². The number of benzene rings is 2. The Balaban J connectivity index is 2.02. The van der Waals surface area contributed by atoms with Gasteiger partial charge in [0.2, 0.25) is 0 Å². The first-order chi connectivity index (χ1) is 10.8. The van der Waals surface area contributed by atoms with Crippen molar-refractivity contribution in [2.24, 2.45) is 0 Å². The summed E-state index contributed by atoms with van der Waals surface area (Å²) >= 11 is 0. The molecular weight excluding hydrogens is 272 g/mol. The lowest BCUT2D eigenvalue weighted by Crippen LogP contribution is -2.17. The molecule has 0 saturated heterocycles. The van der Waals surface area contributed by atoms with Gasteiger partial charge in [0.25, 0.3) is 5.56 Å². The lowest BCUT2D eigenvalue weighted by atomic mass is 10.2. The average Bonchev–Trinajstić information content (AvgIpc) is 3.00. The van der Waals surface area contributed by atoms with Gasteiger partial charge in [0.15, 0.2) is 0 Å². The van der Waals surface area contributed by atoms with Crippen molar-refractivity contribution in [3.63, 3.8) is 0 Å². The van der Waals surface area contributed by atoms with E-state index in [4.69, 9.17) is 0 Å². The molecule has 0 N–H and O–H groups in total. The molecule has 2 aromatic heterocycles. The topological polar surface area (TPSA) is 26.9 Å². The van der Waals surface area contributed by atoms with Crippen LogP contribution in [0.15, 0.2) is 89.9 Å². The van der Waals surface area contributed by atoms with Gasteiger partial charge in [-0.2, -0.15) is 0 Å². The fourth-order valence-electron chi connectivity index (χ4n) is 2.79. The molecule has 3 nitrogen and oxygen atoms in total. The Morgan fingerprint density at radius 3 is 1.91 bits per heavy atom. The van der Waals surface area contributed by atoms with Crippen LogP contribution in [0.25, 0.3) is 22.4 Å². The molecule has 0 aliphatic rings. The molecule has 22 heavy (non-hydrogen) atoms. The van der Waals surface area contributed by atoms with Crippen molar-refractivity contribution in [3.8, 4) is 11.4 Å². The largest absolute Gasteiger partial charge is 0.315 e. The Labute approximate surface area is 127 Å². The molecule has 0 fully saturated rings. The van der Waals surface area contributed by atoms with Crippen LogP contribution in [-0.2, 0) is 0 Å². The summed E-state index contributed by atoms with van der Waals surface area (Å²) in [4.78, 5) is 12.3.